The largest absolute Gasteiger partial charge is 0.508 e. The van der Waals surface area contributed by atoms with E-state index in [1.807, 2.05) is 24.3 Å². The lowest BCUT2D eigenvalue weighted by molar-refractivity contribution is -0.136. The average Bonchev–Trinajstić information content (AvgIpc) is 3.82. The highest BCUT2D eigenvalue weighted by atomic mass is 16.3. The molecule has 3 saturated heterocycles. The van der Waals surface area contributed by atoms with Crippen LogP contribution in [0.15, 0.2) is 97.1 Å². The number of nitrogens with one attached hydrogen (secondary N) is 1. The highest BCUT2D eigenvalue weighted by Crippen LogP contribution is 2.36. The van der Waals surface area contributed by atoms with Crippen molar-refractivity contribution in [2.75, 3.05) is 50.7 Å². The molecule has 0 saturated carbocycles. The van der Waals surface area contributed by atoms with Crippen LogP contribution in [0.2, 0.25) is 0 Å². The van der Waals surface area contributed by atoms with Gasteiger partial charge in [0.15, 0.2) is 0 Å². The smallest absolute Gasteiger partial charge is 0.255 e. The average molecular weight is 738 g/mol. The van der Waals surface area contributed by atoms with E-state index in [1.165, 1.54) is 34.3 Å². The Morgan fingerprint density at radius 3 is 2.24 bits per heavy atom. The molecule has 4 aliphatic rings. The number of fused-ring (bicyclic) bond motifs is 1. The Kier molecular flexibility index (Phi) is 10.8. The van der Waals surface area contributed by atoms with Gasteiger partial charge in [-0.15, -0.1) is 0 Å². The molecule has 0 spiro atoms. The molecular formula is C46H51N5O4. The number of likely N-dealkylation sites (tertiary alicyclic amines) is 1. The van der Waals surface area contributed by atoms with E-state index in [0.717, 1.165) is 81.9 Å². The number of hydrogen-bond acceptors (Lipinski definition) is 7. The first-order valence-electron chi connectivity index (χ1n) is 20.0. The van der Waals surface area contributed by atoms with Gasteiger partial charge in [0.25, 0.3) is 5.91 Å². The number of imide groups is 1. The Bertz CT molecular complexity index is 2050. The lowest BCUT2D eigenvalue weighted by atomic mass is 9.87. The van der Waals surface area contributed by atoms with Crippen molar-refractivity contribution >= 4 is 34.6 Å². The number of piperazine rings is 1. The van der Waals surface area contributed by atoms with E-state index in [9.17, 15) is 19.5 Å². The standard InChI is InChI=1S/C46H51N5O4/c1-2-40(33-8-4-3-5-9-33)44(35-14-17-39(52)18-15-35)34-12-10-32(11-13-34)7-6-23-48-24-22-38(31-48)50-27-25-49(26-28-50)37-16-19-41-36(29-37)30-51(46(41)55)42-20-21-43(53)47-45(42)54/h3-5,8-19,29,38,42,52H,2,6-7,20-28,30-31H2,1H3,(H,47,53,54)/b44-40+. The van der Waals surface area contributed by atoms with Crippen LogP contribution < -0.4 is 10.2 Å². The van der Waals surface area contributed by atoms with Gasteiger partial charge in [0.05, 0.1) is 0 Å². The normalized spacial score (nSPS) is 21.1. The van der Waals surface area contributed by atoms with Gasteiger partial charge >= 0.3 is 0 Å². The third-order valence-corrected chi connectivity index (χ3v) is 12.1. The molecule has 284 valence electrons. The van der Waals surface area contributed by atoms with Crippen LogP contribution >= 0.6 is 0 Å². The molecule has 4 aliphatic heterocycles. The molecule has 4 heterocycles. The molecule has 8 rings (SSSR count). The zero-order valence-corrected chi connectivity index (χ0v) is 31.8. The van der Waals surface area contributed by atoms with Gasteiger partial charge in [-0.3, -0.25) is 24.6 Å². The van der Waals surface area contributed by atoms with E-state index in [0.29, 0.717) is 24.6 Å². The molecule has 0 aromatic heterocycles. The van der Waals surface area contributed by atoms with Gasteiger partial charge in [0.1, 0.15) is 11.8 Å². The Balaban J connectivity index is 0.821. The summed E-state index contributed by atoms with van der Waals surface area (Å²) in [5.41, 5.74) is 10.2. The van der Waals surface area contributed by atoms with E-state index in [1.54, 1.807) is 17.0 Å². The first kappa shape index (κ1) is 36.7. The molecule has 3 amide bonds. The third kappa shape index (κ3) is 7.95. The first-order chi connectivity index (χ1) is 26.8. The van der Waals surface area contributed by atoms with E-state index in [4.69, 9.17) is 0 Å². The molecule has 4 aromatic rings. The molecule has 0 bridgehead atoms. The number of nitrogens with zero attached hydrogens (tertiary/aromatic N) is 4. The highest BCUT2D eigenvalue weighted by Gasteiger charge is 2.39. The summed E-state index contributed by atoms with van der Waals surface area (Å²) in [4.78, 5) is 46.6. The van der Waals surface area contributed by atoms with Crippen molar-refractivity contribution in [2.45, 2.75) is 64.1 Å². The number of piperidine rings is 1. The second kappa shape index (κ2) is 16.2. The van der Waals surface area contributed by atoms with Crippen LogP contribution in [0.25, 0.3) is 11.1 Å². The van der Waals surface area contributed by atoms with Gasteiger partial charge in [0, 0.05) is 63.0 Å². The van der Waals surface area contributed by atoms with Crippen LogP contribution in [0.5, 0.6) is 5.75 Å². The molecule has 2 atom stereocenters. The maximum absolute atomic E-state index is 13.2. The zero-order chi connectivity index (χ0) is 37.9. The van der Waals surface area contributed by atoms with Crippen LogP contribution in [-0.4, -0.2) is 95.4 Å². The van der Waals surface area contributed by atoms with Crippen molar-refractivity contribution in [3.63, 3.8) is 0 Å². The Morgan fingerprint density at radius 1 is 0.800 bits per heavy atom. The van der Waals surface area contributed by atoms with Crippen molar-refractivity contribution < 1.29 is 19.5 Å². The molecule has 3 fully saturated rings. The number of hydrogen-bond donors (Lipinski definition) is 2. The number of phenolic OH excluding ortho intramolecular Hbond substituents is 1. The van der Waals surface area contributed by atoms with Crippen molar-refractivity contribution in [1.29, 1.82) is 0 Å². The maximum Gasteiger partial charge on any atom is 0.255 e. The number of anilines is 1. The lowest BCUT2D eigenvalue weighted by Gasteiger charge is -2.39. The van der Waals surface area contributed by atoms with Gasteiger partial charge in [-0.05, 0) is 114 Å². The summed E-state index contributed by atoms with van der Waals surface area (Å²) in [6.45, 7) is 9.93. The molecule has 0 aliphatic carbocycles. The summed E-state index contributed by atoms with van der Waals surface area (Å²) < 4.78 is 0. The molecule has 2 unspecified atom stereocenters. The van der Waals surface area contributed by atoms with Gasteiger partial charge < -0.3 is 19.8 Å². The maximum atomic E-state index is 13.2. The van der Waals surface area contributed by atoms with Crippen LogP contribution in [0.4, 0.5) is 5.69 Å². The molecule has 2 N–H and O–H groups in total. The molecular weight excluding hydrogens is 687 g/mol. The fourth-order valence-corrected chi connectivity index (χ4v) is 9.07. The monoisotopic (exact) mass is 737 g/mol. The summed E-state index contributed by atoms with van der Waals surface area (Å²) in [6, 6.07) is 33.3. The fourth-order valence-electron chi connectivity index (χ4n) is 9.07. The van der Waals surface area contributed by atoms with E-state index in [-0.39, 0.29) is 29.9 Å². The number of carbonyl (C=O) groups is 3. The predicted molar refractivity (Wildman–Crippen MR) is 217 cm³/mol. The van der Waals surface area contributed by atoms with E-state index < -0.39 is 6.04 Å². The van der Waals surface area contributed by atoms with Gasteiger partial charge in [-0.2, -0.15) is 0 Å². The third-order valence-electron chi connectivity index (χ3n) is 12.1. The minimum Gasteiger partial charge on any atom is -0.508 e. The number of allylic oxidation sites excluding steroid dienone is 1. The Morgan fingerprint density at radius 2 is 1.53 bits per heavy atom. The molecule has 9 heteroatoms. The topological polar surface area (TPSA) is 96.4 Å². The van der Waals surface area contributed by atoms with Crippen molar-refractivity contribution in [1.82, 2.24) is 20.0 Å². The summed E-state index contributed by atoms with van der Waals surface area (Å²) in [6.07, 6.45) is 4.94. The molecule has 9 nitrogen and oxygen atoms in total. The quantitative estimate of drug-likeness (QED) is 0.137. The molecule has 55 heavy (non-hydrogen) atoms. The number of rotatable bonds is 11. The number of phenols is 1. The molecule has 0 radical (unpaired) electrons. The Hall–Kier alpha value is -5.25. The van der Waals surface area contributed by atoms with Crippen molar-refractivity contribution in [2.24, 2.45) is 0 Å². The number of carbonyl (C=O) groups excluding carboxylic acids is 3. The minimum absolute atomic E-state index is 0.123. The summed E-state index contributed by atoms with van der Waals surface area (Å²) >= 11 is 0. The van der Waals surface area contributed by atoms with Crippen LogP contribution in [-0.2, 0) is 22.6 Å². The molecule has 4 aromatic carbocycles. The summed E-state index contributed by atoms with van der Waals surface area (Å²) in [5.74, 6) is -0.485. The summed E-state index contributed by atoms with van der Waals surface area (Å²) in [7, 11) is 0. The van der Waals surface area contributed by atoms with Gasteiger partial charge in [0.2, 0.25) is 11.8 Å². The minimum atomic E-state index is -0.587. The zero-order valence-electron chi connectivity index (χ0n) is 31.8. The van der Waals surface area contributed by atoms with Crippen LogP contribution in [0.3, 0.4) is 0 Å². The highest BCUT2D eigenvalue weighted by molar-refractivity contribution is 6.05. The number of aryl methyl sites for hydroxylation is 1. The van der Waals surface area contributed by atoms with Gasteiger partial charge in [-0.1, -0.05) is 73.7 Å². The second-order valence-corrected chi connectivity index (χ2v) is 15.4. The Labute approximate surface area is 324 Å². The number of amides is 3. The number of aromatic hydroxyl groups is 1. The van der Waals surface area contributed by atoms with Crippen molar-refractivity contribution in [3.05, 3.63) is 130 Å². The lowest BCUT2D eigenvalue weighted by Crippen LogP contribution is -2.52. The predicted octanol–water partition coefficient (Wildman–Crippen LogP) is 6.35. The summed E-state index contributed by atoms with van der Waals surface area (Å²) in [5, 5.41) is 12.4. The van der Waals surface area contributed by atoms with Crippen LogP contribution in [0, 0.1) is 0 Å². The van der Waals surface area contributed by atoms with Crippen LogP contribution in [0.1, 0.15) is 77.2 Å². The fraction of sp³-hybridized carbons (Fsp3) is 0.370. The van der Waals surface area contributed by atoms with Crippen molar-refractivity contribution in [3.8, 4) is 5.75 Å². The van der Waals surface area contributed by atoms with E-state index in [2.05, 4.69) is 87.6 Å². The SMILES string of the molecule is CC/C(=C(\c1ccc(O)cc1)c1ccc(CCCN2CCC(N3CCN(c4ccc5c(c4)CN(C4CCC(=O)NC4=O)C5=O)CC3)C2)cc1)c1ccccc1. The van der Waals surface area contributed by atoms with E-state index >= 15 is 0 Å². The first-order valence-corrected chi connectivity index (χ1v) is 20.0. The van der Waals surface area contributed by atoms with Gasteiger partial charge in [-0.25, -0.2) is 0 Å². The number of benzene rings is 4. The second-order valence-electron chi connectivity index (χ2n) is 15.4.